The largest absolute Gasteiger partial charge is 0.347 e. The minimum atomic E-state index is -3.49. The van der Waals surface area contributed by atoms with E-state index in [0.717, 1.165) is 34.2 Å². The Morgan fingerprint density at radius 3 is 2.70 bits per heavy atom. The van der Waals surface area contributed by atoms with Gasteiger partial charge in [-0.05, 0) is 23.8 Å². The van der Waals surface area contributed by atoms with Gasteiger partial charge >= 0.3 is 0 Å². The van der Waals surface area contributed by atoms with Gasteiger partial charge in [0.1, 0.15) is 4.21 Å². The lowest BCUT2D eigenvalue weighted by Crippen LogP contribution is -2.35. The zero-order valence-corrected chi connectivity index (χ0v) is 14.9. The maximum Gasteiger partial charge on any atom is 0.252 e. The molecule has 7 heteroatoms. The molecule has 1 aliphatic rings. The number of fused-ring (bicyclic) bond motifs is 3. The standard InChI is InChI=1S/C16H15ClN2O2S2/c1-18-13-5-3-2-4-11(13)12-10-19(9-8-14(12)18)23(20,21)16-7-6-15(17)22-16/h2-7H,8-10H2,1H3. The topological polar surface area (TPSA) is 42.3 Å². The van der Waals surface area contributed by atoms with Gasteiger partial charge in [0.2, 0.25) is 0 Å². The molecule has 4 rings (SSSR count). The van der Waals surface area contributed by atoms with Crippen LogP contribution in [0.4, 0.5) is 0 Å². The van der Waals surface area contributed by atoms with Crippen LogP contribution < -0.4 is 0 Å². The van der Waals surface area contributed by atoms with Crippen LogP contribution in [0.1, 0.15) is 11.3 Å². The Bertz CT molecular complexity index is 1000. The van der Waals surface area contributed by atoms with Crippen molar-refractivity contribution in [3.63, 3.8) is 0 Å². The van der Waals surface area contributed by atoms with E-state index in [1.54, 1.807) is 16.4 Å². The van der Waals surface area contributed by atoms with Gasteiger partial charge in [0.05, 0.1) is 4.34 Å². The minimum absolute atomic E-state index is 0.311. The van der Waals surface area contributed by atoms with Crippen LogP contribution in [-0.4, -0.2) is 23.8 Å². The number of benzene rings is 1. The summed E-state index contributed by atoms with van der Waals surface area (Å²) in [5.41, 5.74) is 3.48. The first kappa shape index (κ1) is 15.2. The van der Waals surface area contributed by atoms with Crippen LogP contribution in [0, 0.1) is 0 Å². The normalized spacial score (nSPS) is 15.9. The third kappa shape index (κ3) is 2.32. The molecule has 1 aliphatic heterocycles. The van der Waals surface area contributed by atoms with Crippen LogP contribution in [0.15, 0.2) is 40.6 Å². The van der Waals surface area contributed by atoms with Crippen molar-refractivity contribution in [1.82, 2.24) is 8.87 Å². The maximum atomic E-state index is 12.8. The number of hydrogen-bond acceptors (Lipinski definition) is 3. The summed E-state index contributed by atoms with van der Waals surface area (Å²) >= 11 is 7.01. The molecule has 4 nitrogen and oxygen atoms in total. The fourth-order valence-electron chi connectivity index (χ4n) is 3.27. The average Bonchev–Trinajstić information content (AvgIpc) is 3.11. The van der Waals surface area contributed by atoms with Gasteiger partial charge in [-0.3, -0.25) is 0 Å². The molecular weight excluding hydrogens is 352 g/mol. The Kier molecular flexibility index (Phi) is 3.53. The molecular formula is C16H15ClN2O2S2. The van der Waals surface area contributed by atoms with Crippen LogP contribution in [0.2, 0.25) is 4.34 Å². The van der Waals surface area contributed by atoms with Gasteiger partial charge in [-0.25, -0.2) is 8.42 Å². The molecule has 1 aromatic carbocycles. The van der Waals surface area contributed by atoms with E-state index >= 15 is 0 Å². The lowest BCUT2D eigenvalue weighted by molar-refractivity contribution is 0.389. The number of nitrogens with zero attached hydrogens (tertiary/aromatic N) is 2. The van der Waals surface area contributed by atoms with Gasteiger partial charge in [0.25, 0.3) is 10.0 Å². The highest BCUT2D eigenvalue weighted by molar-refractivity contribution is 7.91. The van der Waals surface area contributed by atoms with E-state index in [0.29, 0.717) is 21.6 Å². The lowest BCUT2D eigenvalue weighted by atomic mass is 10.1. The molecule has 0 saturated heterocycles. The number of sulfonamides is 1. The van der Waals surface area contributed by atoms with Gasteiger partial charge in [0, 0.05) is 43.2 Å². The summed E-state index contributed by atoms with van der Waals surface area (Å²) in [5, 5.41) is 1.13. The van der Waals surface area contributed by atoms with Crippen LogP contribution in [0.3, 0.4) is 0 Å². The quantitative estimate of drug-likeness (QED) is 0.694. The molecule has 0 unspecified atom stereocenters. The summed E-state index contributed by atoms with van der Waals surface area (Å²) in [4.78, 5) is 0. The molecule has 0 aliphatic carbocycles. The molecule has 2 aromatic heterocycles. The number of para-hydroxylation sites is 1. The fourth-order valence-corrected chi connectivity index (χ4v) is 6.32. The third-order valence-corrected chi connectivity index (χ3v) is 7.96. The average molecular weight is 367 g/mol. The second-order valence-corrected chi connectivity index (χ2v) is 9.53. The molecule has 3 heterocycles. The van der Waals surface area contributed by atoms with Crippen molar-refractivity contribution in [2.45, 2.75) is 17.2 Å². The predicted molar refractivity (Wildman–Crippen MR) is 93.5 cm³/mol. The molecule has 120 valence electrons. The lowest BCUT2D eigenvalue weighted by Gasteiger charge is -2.26. The van der Waals surface area contributed by atoms with E-state index in [-0.39, 0.29) is 0 Å². The highest BCUT2D eigenvalue weighted by atomic mass is 35.5. The van der Waals surface area contributed by atoms with E-state index in [1.165, 1.54) is 5.69 Å². The molecule has 23 heavy (non-hydrogen) atoms. The Labute approximate surface area is 144 Å². The highest BCUT2D eigenvalue weighted by Gasteiger charge is 2.32. The molecule has 0 N–H and O–H groups in total. The number of aryl methyl sites for hydroxylation is 1. The van der Waals surface area contributed by atoms with Crippen molar-refractivity contribution in [3.05, 3.63) is 52.0 Å². The fraction of sp³-hybridized carbons (Fsp3) is 0.250. The van der Waals surface area contributed by atoms with Gasteiger partial charge in [-0.1, -0.05) is 29.8 Å². The zero-order chi connectivity index (χ0) is 16.2. The van der Waals surface area contributed by atoms with Crippen molar-refractivity contribution in [3.8, 4) is 0 Å². The maximum absolute atomic E-state index is 12.8. The molecule has 0 atom stereocenters. The summed E-state index contributed by atoms with van der Waals surface area (Å²) in [5.74, 6) is 0. The van der Waals surface area contributed by atoms with Crippen molar-refractivity contribution in [1.29, 1.82) is 0 Å². The molecule has 0 saturated carbocycles. The number of thiophene rings is 1. The summed E-state index contributed by atoms with van der Waals surface area (Å²) in [6.07, 6.45) is 0.721. The summed E-state index contributed by atoms with van der Waals surface area (Å²) in [6, 6.07) is 11.4. The number of aromatic nitrogens is 1. The monoisotopic (exact) mass is 366 g/mol. The van der Waals surface area contributed by atoms with Crippen LogP contribution in [-0.2, 0) is 30.0 Å². The first-order valence-electron chi connectivity index (χ1n) is 7.29. The summed E-state index contributed by atoms with van der Waals surface area (Å²) in [6.45, 7) is 0.906. The molecule has 0 bridgehead atoms. The number of halogens is 1. The van der Waals surface area contributed by atoms with E-state index in [4.69, 9.17) is 11.6 Å². The van der Waals surface area contributed by atoms with Crippen molar-refractivity contribution in [2.24, 2.45) is 7.05 Å². The number of rotatable bonds is 2. The van der Waals surface area contributed by atoms with Gasteiger partial charge in [-0.2, -0.15) is 4.31 Å². The second kappa shape index (κ2) is 5.34. The van der Waals surface area contributed by atoms with E-state index in [1.807, 2.05) is 19.2 Å². The predicted octanol–water partition coefficient (Wildman–Crippen LogP) is 3.64. The first-order valence-corrected chi connectivity index (χ1v) is 9.92. The van der Waals surface area contributed by atoms with Crippen molar-refractivity contribution in [2.75, 3.05) is 6.54 Å². The van der Waals surface area contributed by atoms with Gasteiger partial charge in [-0.15, -0.1) is 11.3 Å². The van der Waals surface area contributed by atoms with Crippen molar-refractivity contribution >= 4 is 43.9 Å². The minimum Gasteiger partial charge on any atom is -0.347 e. The van der Waals surface area contributed by atoms with E-state index < -0.39 is 10.0 Å². The van der Waals surface area contributed by atoms with Gasteiger partial charge < -0.3 is 4.57 Å². The summed E-state index contributed by atoms with van der Waals surface area (Å²) < 4.78 is 30.2. The molecule has 0 amide bonds. The first-order chi connectivity index (χ1) is 11.0. The zero-order valence-electron chi connectivity index (χ0n) is 12.5. The SMILES string of the molecule is Cn1c2c(c3ccccc31)CN(S(=O)(=O)c1ccc(Cl)s1)CC2. The molecule has 3 aromatic rings. The Morgan fingerprint density at radius 1 is 1.17 bits per heavy atom. The van der Waals surface area contributed by atoms with Crippen molar-refractivity contribution < 1.29 is 8.42 Å². The molecule has 0 spiro atoms. The smallest absolute Gasteiger partial charge is 0.252 e. The summed E-state index contributed by atoms with van der Waals surface area (Å²) in [7, 11) is -1.44. The van der Waals surface area contributed by atoms with Crippen LogP contribution >= 0.6 is 22.9 Å². The van der Waals surface area contributed by atoms with E-state index in [2.05, 4.69) is 16.7 Å². The third-order valence-electron chi connectivity index (χ3n) is 4.42. The number of hydrogen-bond donors (Lipinski definition) is 0. The van der Waals surface area contributed by atoms with Gasteiger partial charge in [0.15, 0.2) is 0 Å². The Hall–Kier alpha value is -1.34. The van der Waals surface area contributed by atoms with Crippen LogP contribution in [0.5, 0.6) is 0 Å². The van der Waals surface area contributed by atoms with Crippen LogP contribution in [0.25, 0.3) is 10.9 Å². The Balaban J connectivity index is 1.78. The van der Waals surface area contributed by atoms with E-state index in [9.17, 15) is 8.42 Å². The molecule has 0 radical (unpaired) electrons. The highest BCUT2D eigenvalue weighted by Crippen LogP contribution is 2.34. The Morgan fingerprint density at radius 2 is 1.96 bits per heavy atom. The second-order valence-electron chi connectivity index (χ2n) is 5.65. The molecule has 0 fully saturated rings.